The number of aryl methyl sites for hydroxylation is 1. The minimum Gasteiger partial charge on any atom is -0.370 e. The van der Waals surface area contributed by atoms with E-state index in [0.29, 0.717) is 0 Å². The maximum Gasteiger partial charge on any atom is 0.227 e. The van der Waals surface area contributed by atoms with E-state index in [9.17, 15) is 0 Å². The van der Waals surface area contributed by atoms with Crippen LogP contribution in [-0.2, 0) is 12.8 Å². The van der Waals surface area contributed by atoms with Crippen LogP contribution in [0.4, 0.5) is 11.8 Å². The number of rotatable bonds is 4. The highest BCUT2D eigenvalue weighted by Crippen LogP contribution is 2.28. The monoisotopic (exact) mass is 275 g/mol. The molecule has 20 heavy (non-hydrogen) atoms. The Morgan fingerprint density at radius 1 is 1.10 bits per heavy atom. The number of likely N-dealkylation sites (N-methyl/N-ethyl adjacent to an activating group) is 1. The standard InChI is InChI=1S/C15H25N5/c1-3-7-16-14-12-5-4-6-13(12)17-15(18-14)20-10-8-19(2)9-11-20/h3-11H2,1-2H3,(H,16,17,18). The molecule has 1 aromatic rings. The summed E-state index contributed by atoms with van der Waals surface area (Å²) in [6.45, 7) is 7.43. The summed E-state index contributed by atoms with van der Waals surface area (Å²) >= 11 is 0. The zero-order chi connectivity index (χ0) is 13.9. The summed E-state index contributed by atoms with van der Waals surface area (Å²) in [4.78, 5) is 14.3. The van der Waals surface area contributed by atoms with Gasteiger partial charge in [-0.25, -0.2) is 4.98 Å². The van der Waals surface area contributed by atoms with Crippen LogP contribution in [0, 0.1) is 0 Å². The second kappa shape index (κ2) is 5.95. The van der Waals surface area contributed by atoms with Crippen LogP contribution >= 0.6 is 0 Å². The maximum atomic E-state index is 4.83. The van der Waals surface area contributed by atoms with Gasteiger partial charge in [0.15, 0.2) is 0 Å². The molecule has 0 unspecified atom stereocenters. The lowest BCUT2D eigenvalue weighted by Gasteiger charge is -2.32. The fourth-order valence-electron chi connectivity index (χ4n) is 2.96. The van der Waals surface area contributed by atoms with Crippen molar-refractivity contribution in [3.05, 3.63) is 11.3 Å². The molecule has 0 radical (unpaired) electrons. The van der Waals surface area contributed by atoms with Gasteiger partial charge in [0.2, 0.25) is 5.95 Å². The summed E-state index contributed by atoms with van der Waals surface area (Å²) in [6.07, 6.45) is 4.59. The van der Waals surface area contributed by atoms with E-state index >= 15 is 0 Å². The molecule has 5 heteroatoms. The van der Waals surface area contributed by atoms with Gasteiger partial charge in [0, 0.05) is 38.3 Å². The number of piperazine rings is 1. The summed E-state index contributed by atoms with van der Waals surface area (Å²) in [5.74, 6) is 2.01. The number of nitrogens with zero attached hydrogens (tertiary/aromatic N) is 4. The third-order valence-electron chi connectivity index (χ3n) is 4.25. The van der Waals surface area contributed by atoms with Crippen LogP contribution in [0.5, 0.6) is 0 Å². The minimum atomic E-state index is 0.928. The number of hydrogen-bond acceptors (Lipinski definition) is 5. The lowest BCUT2D eigenvalue weighted by atomic mass is 10.2. The van der Waals surface area contributed by atoms with E-state index in [2.05, 4.69) is 29.1 Å². The molecule has 1 aromatic heterocycles. The van der Waals surface area contributed by atoms with Crippen molar-refractivity contribution in [2.45, 2.75) is 32.6 Å². The maximum absolute atomic E-state index is 4.83. The van der Waals surface area contributed by atoms with E-state index in [4.69, 9.17) is 9.97 Å². The summed E-state index contributed by atoms with van der Waals surface area (Å²) in [7, 11) is 2.18. The first kappa shape index (κ1) is 13.6. The van der Waals surface area contributed by atoms with Crippen LogP contribution in [0.2, 0.25) is 0 Å². The Morgan fingerprint density at radius 3 is 2.65 bits per heavy atom. The van der Waals surface area contributed by atoms with Crippen LogP contribution in [0.1, 0.15) is 31.0 Å². The van der Waals surface area contributed by atoms with Crippen LogP contribution < -0.4 is 10.2 Å². The van der Waals surface area contributed by atoms with Gasteiger partial charge in [0.25, 0.3) is 0 Å². The third kappa shape index (κ3) is 2.73. The number of hydrogen-bond donors (Lipinski definition) is 1. The number of nitrogens with one attached hydrogen (secondary N) is 1. The Labute approximate surface area is 121 Å². The minimum absolute atomic E-state index is 0.928. The Hall–Kier alpha value is -1.36. The first-order valence-corrected chi connectivity index (χ1v) is 7.85. The highest BCUT2D eigenvalue weighted by molar-refractivity contribution is 5.53. The number of anilines is 2. The Morgan fingerprint density at radius 2 is 1.90 bits per heavy atom. The van der Waals surface area contributed by atoms with Crippen LogP contribution in [-0.4, -0.2) is 54.6 Å². The van der Waals surface area contributed by atoms with Crippen LogP contribution in [0.3, 0.4) is 0 Å². The molecule has 110 valence electrons. The zero-order valence-corrected chi connectivity index (χ0v) is 12.7. The quantitative estimate of drug-likeness (QED) is 0.903. The van der Waals surface area contributed by atoms with Gasteiger partial charge in [-0.1, -0.05) is 6.92 Å². The smallest absolute Gasteiger partial charge is 0.227 e. The third-order valence-corrected chi connectivity index (χ3v) is 4.25. The average Bonchev–Trinajstić information content (AvgIpc) is 2.94. The molecule has 2 heterocycles. The van der Waals surface area contributed by atoms with Crippen molar-refractivity contribution < 1.29 is 0 Å². The molecule has 0 spiro atoms. The SMILES string of the molecule is CCCNc1nc(N2CCN(C)CC2)nc2c1CCC2. The molecule has 0 atom stereocenters. The fourth-order valence-corrected chi connectivity index (χ4v) is 2.96. The lowest BCUT2D eigenvalue weighted by molar-refractivity contribution is 0.311. The van der Waals surface area contributed by atoms with E-state index in [1.807, 2.05) is 0 Å². The molecule has 1 fully saturated rings. The molecular weight excluding hydrogens is 250 g/mol. The van der Waals surface area contributed by atoms with Gasteiger partial charge in [-0.15, -0.1) is 0 Å². The van der Waals surface area contributed by atoms with Gasteiger partial charge in [0.1, 0.15) is 5.82 Å². The summed E-state index contributed by atoms with van der Waals surface area (Å²) < 4.78 is 0. The highest BCUT2D eigenvalue weighted by Gasteiger charge is 2.23. The van der Waals surface area contributed by atoms with Gasteiger partial charge in [-0.05, 0) is 32.7 Å². The van der Waals surface area contributed by atoms with E-state index in [1.54, 1.807) is 0 Å². The second-order valence-electron chi connectivity index (χ2n) is 5.87. The molecule has 2 aliphatic rings. The normalized spacial score (nSPS) is 19.2. The Bertz CT molecular complexity index is 466. The fraction of sp³-hybridized carbons (Fsp3) is 0.733. The van der Waals surface area contributed by atoms with Crippen molar-refractivity contribution >= 4 is 11.8 Å². The highest BCUT2D eigenvalue weighted by atomic mass is 15.3. The topological polar surface area (TPSA) is 44.3 Å². The molecule has 0 saturated carbocycles. The number of fused-ring (bicyclic) bond motifs is 1. The van der Waals surface area contributed by atoms with Crippen molar-refractivity contribution in [3.63, 3.8) is 0 Å². The molecule has 0 aromatic carbocycles. The Kier molecular flexibility index (Phi) is 4.05. The van der Waals surface area contributed by atoms with Crippen molar-refractivity contribution in [3.8, 4) is 0 Å². The van der Waals surface area contributed by atoms with E-state index < -0.39 is 0 Å². The van der Waals surface area contributed by atoms with Gasteiger partial charge >= 0.3 is 0 Å². The molecule has 1 saturated heterocycles. The molecule has 1 aliphatic heterocycles. The first-order chi connectivity index (χ1) is 9.78. The van der Waals surface area contributed by atoms with Crippen molar-refractivity contribution in [1.29, 1.82) is 0 Å². The number of aromatic nitrogens is 2. The van der Waals surface area contributed by atoms with Gasteiger partial charge in [-0.2, -0.15) is 4.98 Å². The summed E-state index contributed by atoms with van der Waals surface area (Å²) in [5, 5.41) is 3.49. The molecule has 0 bridgehead atoms. The predicted molar refractivity (Wildman–Crippen MR) is 82.5 cm³/mol. The molecule has 1 N–H and O–H groups in total. The van der Waals surface area contributed by atoms with Gasteiger partial charge in [-0.3, -0.25) is 0 Å². The van der Waals surface area contributed by atoms with Crippen molar-refractivity contribution in [2.75, 3.05) is 50.0 Å². The first-order valence-electron chi connectivity index (χ1n) is 7.85. The van der Waals surface area contributed by atoms with Crippen molar-refractivity contribution in [1.82, 2.24) is 14.9 Å². The van der Waals surface area contributed by atoms with Gasteiger partial charge < -0.3 is 15.1 Å². The van der Waals surface area contributed by atoms with Crippen LogP contribution in [0.15, 0.2) is 0 Å². The van der Waals surface area contributed by atoms with Gasteiger partial charge in [0.05, 0.1) is 5.69 Å². The average molecular weight is 275 g/mol. The van der Waals surface area contributed by atoms with E-state index in [0.717, 1.165) is 63.8 Å². The summed E-state index contributed by atoms with van der Waals surface area (Å²) in [5.41, 5.74) is 2.63. The van der Waals surface area contributed by atoms with Crippen molar-refractivity contribution in [2.24, 2.45) is 0 Å². The Balaban J connectivity index is 1.84. The lowest BCUT2D eigenvalue weighted by Crippen LogP contribution is -2.45. The molecular formula is C15H25N5. The zero-order valence-electron chi connectivity index (χ0n) is 12.7. The molecule has 0 amide bonds. The molecule has 3 rings (SSSR count). The predicted octanol–water partition coefficient (Wildman–Crippen LogP) is 1.54. The molecule has 5 nitrogen and oxygen atoms in total. The molecule has 1 aliphatic carbocycles. The van der Waals surface area contributed by atoms with Crippen LogP contribution in [0.25, 0.3) is 0 Å². The van der Waals surface area contributed by atoms with E-state index in [1.165, 1.54) is 17.7 Å². The van der Waals surface area contributed by atoms with E-state index in [-0.39, 0.29) is 0 Å². The largest absolute Gasteiger partial charge is 0.370 e. The summed E-state index contributed by atoms with van der Waals surface area (Å²) in [6, 6.07) is 0. The second-order valence-corrected chi connectivity index (χ2v) is 5.87.